The first-order valence-electron chi connectivity index (χ1n) is 13.9. The molecule has 3 saturated heterocycles. The minimum Gasteiger partial charge on any atom is -0.482 e. The Morgan fingerprint density at radius 2 is 1.95 bits per heavy atom. The average molecular weight is 509 g/mol. The summed E-state index contributed by atoms with van der Waals surface area (Å²) < 4.78 is 12.5. The first kappa shape index (κ1) is 23.5. The van der Waals surface area contributed by atoms with E-state index in [0.29, 0.717) is 30.5 Å². The Morgan fingerprint density at radius 3 is 2.78 bits per heavy atom. The van der Waals surface area contributed by atoms with Crippen molar-refractivity contribution in [3.05, 3.63) is 35.4 Å². The van der Waals surface area contributed by atoms with Crippen LogP contribution in [0.4, 0.5) is 4.79 Å². The van der Waals surface area contributed by atoms with E-state index in [4.69, 9.17) is 9.47 Å². The molecule has 9 nitrogen and oxygen atoms in total. The number of amides is 2. The number of carbonyl (C=O) groups excluding carboxylic acids is 2. The van der Waals surface area contributed by atoms with Crippen LogP contribution in [0.25, 0.3) is 0 Å². The predicted octanol–water partition coefficient (Wildman–Crippen LogP) is 1.97. The van der Waals surface area contributed by atoms with Crippen LogP contribution in [0.3, 0.4) is 0 Å². The summed E-state index contributed by atoms with van der Waals surface area (Å²) in [6.07, 6.45) is 8.96. The van der Waals surface area contributed by atoms with E-state index >= 15 is 0 Å². The van der Waals surface area contributed by atoms with Gasteiger partial charge in [-0.15, -0.1) is 0 Å². The quantitative estimate of drug-likeness (QED) is 0.603. The van der Waals surface area contributed by atoms with Gasteiger partial charge in [0.25, 0.3) is 5.91 Å². The van der Waals surface area contributed by atoms with E-state index < -0.39 is 18.2 Å². The minimum absolute atomic E-state index is 0.137. The minimum atomic E-state index is -0.705. The van der Waals surface area contributed by atoms with Gasteiger partial charge in [-0.1, -0.05) is 24.6 Å². The highest BCUT2D eigenvalue weighted by Crippen LogP contribution is 2.62. The third kappa shape index (κ3) is 3.47. The molecule has 7 rings (SSSR count). The second-order valence-electron chi connectivity index (χ2n) is 11.7. The van der Waals surface area contributed by atoms with E-state index in [1.165, 1.54) is 12.0 Å². The lowest BCUT2D eigenvalue weighted by Gasteiger charge is -2.56. The lowest BCUT2D eigenvalue weighted by atomic mass is 9.53. The van der Waals surface area contributed by atoms with Gasteiger partial charge in [-0.2, -0.15) is 0 Å². The number of likely N-dealkylation sites (N-methyl/N-ethyl adjacent to an activating group) is 1. The number of nitrogens with one attached hydrogen (secondary N) is 1. The molecular formula is C28H36N4O5. The maximum absolute atomic E-state index is 13.4. The highest BCUT2D eigenvalue weighted by molar-refractivity contribution is 5.86. The van der Waals surface area contributed by atoms with Gasteiger partial charge in [-0.25, -0.2) is 9.80 Å². The zero-order chi connectivity index (χ0) is 25.3. The van der Waals surface area contributed by atoms with Crippen LogP contribution in [0.15, 0.2) is 24.3 Å². The van der Waals surface area contributed by atoms with Crippen molar-refractivity contribution in [3.63, 3.8) is 0 Å². The Hall–Kier alpha value is -2.62. The molecule has 1 aromatic carbocycles. The van der Waals surface area contributed by atoms with E-state index in [1.807, 2.05) is 17.2 Å². The third-order valence-electron chi connectivity index (χ3n) is 9.75. The molecule has 2 bridgehead atoms. The Kier molecular flexibility index (Phi) is 5.53. The van der Waals surface area contributed by atoms with Gasteiger partial charge in [0.15, 0.2) is 11.5 Å². The summed E-state index contributed by atoms with van der Waals surface area (Å²) in [5.41, 5.74) is 5.04. The number of nitrogens with zero attached hydrogens (tertiary/aromatic N) is 3. The zero-order valence-electron chi connectivity index (χ0n) is 21.4. The summed E-state index contributed by atoms with van der Waals surface area (Å²) in [5, 5.41) is 12.9. The molecule has 0 aromatic heterocycles. The Balaban J connectivity index is 1.15. The molecule has 4 heterocycles. The third-order valence-corrected chi connectivity index (χ3v) is 9.75. The summed E-state index contributed by atoms with van der Waals surface area (Å²) in [5.74, 6) is 1.10. The van der Waals surface area contributed by atoms with E-state index in [-0.39, 0.29) is 23.3 Å². The molecule has 198 valence electrons. The van der Waals surface area contributed by atoms with Gasteiger partial charge in [-0.05, 0) is 63.7 Å². The highest BCUT2D eigenvalue weighted by Gasteiger charge is 2.64. The molecule has 37 heavy (non-hydrogen) atoms. The molecule has 2 amide bonds. The number of hydrogen-bond acceptors (Lipinski definition) is 7. The fraction of sp³-hybridized carbons (Fsp3) is 0.643. The van der Waals surface area contributed by atoms with Crippen LogP contribution in [0, 0.1) is 5.92 Å². The molecule has 4 aliphatic heterocycles. The largest absolute Gasteiger partial charge is 0.482 e. The number of aliphatic hydroxyl groups is 1. The predicted molar refractivity (Wildman–Crippen MR) is 135 cm³/mol. The molecular weight excluding hydrogens is 472 g/mol. The first-order chi connectivity index (χ1) is 18.0. The summed E-state index contributed by atoms with van der Waals surface area (Å²) >= 11 is 0. The summed E-state index contributed by atoms with van der Waals surface area (Å²) in [6.45, 7) is 3.12. The number of benzene rings is 1. The van der Waals surface area contributed by atoms with Gasteiger partial charge in [0, 0.05) is 42.6 Å². The van der Waals surface area contributed by atoms with E-state index in [0.717, 1.165) is 57.3 Å². The van der Waals surface area contributed by atoms with Crippen LogP contribution in [0.2, 0.25) is 0 Å². The lowest BCUT2D eigenvalue weighted by molar-refractivity contribution is -0.130. The smallest absolute Gasteiger partial charge is 0.416 e. The average Bonchev–Trinajstić information content (AvgIpc) is 3.53. The molecule has 6 atom stereocenters. The van der Waals surface area contributed by atoms with Crippen molar-refractivity contribution in [3.8, 4) is 11.5 Å². The highest BCUT2D eigenvalue weighted by atomic mass is 16.6. The summed E-state index contributed by atoms with van der Waals surface area (Å²) in [4.78, 5) is 30.4. The molecule has 3 fully saturated rings. The van der Waals surface area contributed by atoms with E-state index in [9.17, 15) is 14.7 Å². The van der Waals surface area contributed by atoms with Crippen LogP contribution >= 0.6 is 0 Å². The van der Waals surface area contributed by atoms with Gasteiger partial charge >= 0.3 is 6.09 Å². The van der Waals surface area contributed by atoms with Crippen molar-refractivity contribution in [2.45, 2.75) is 74.7 Å². The SMILES string of the molecule is CN1CC[C@]23c4c5ccc(OC(=O)N6CCC[C@H]6C(=O)NN6CCCCC6)c4O[C@H]2[C@@H](O)C=CC3C1C5. The number of aliphatic hydroxyl groups excluding tert-OH is 1. The molecule has 2 unspecified atom stereocenters. The molecule has 1 aromatic rings. The fourth-order valence-corrected chi connectivity index (χ4v) is 7.95. The molecule has 0 radical (unpaired) electrons. The molecule has 9 heteroatoms. The number of piperidine rings is 2. The van der Waals surface area contributed by atoms with Crippen molar-refractivity contribution in [1.29, 1.82) is 0 Å². The van der Waals surface area contributed by atoms with Crippen LogP contribution in [0.1, 0.15) is 49.7 Å². The maximum Gasteiger partial charge on any atom is 0.416 e. The van der Waals surface area contributed by atoms with Gasteiger partial charge < -0.3 is 19.5 Å². The van der Waals surface area contributed by atoms with E-state index in [2.05, 4.69) is 29.5 Å². The summed E-state index contributed by atoms with van der Waals surface area (Å²) in [6, 6.07) is 3.72. The number of hydrogen-bond donors (Lipinski definition) is 2. The van der Waals surface area contributed by atoms with Crippen LogP contribution in [-0.2, 0) is 16.6 Å². The van der Waals surface area contributed by atoms with E-state index in [1.54, 1.807) is 4.90 Å². The van der Waals surface area contributed by atoms with Crippen molar-refractivity contribution < 1.29 is 24.2 Å². The second-order valence-corrected chi connectivity index (χ2v) is 11.7. The van der Waals surface area contributed by atoms with Crippen molar-refractivity contribution >= 4 is 12.0 Å². The van der Waals surface area contributed by atoms with Crippen LogP contribution in [0.5, 0.6) is 11.5 Å². The molecule has 0 saturated carbocycles. The number of carbonyl (C=O) groups is 2. The van der Waals surface area contributed by atoms with Gasteiger partial charge in [0.2, 0.25) is 0 Å². The molecule has 2 aliphatic carbocycles. The Morgan fingerprint density at radius 1 is 1.11 bits per heavy atom. The van der Waals surface area contributed by atoms with Gasteiger partial charge in [0.1, 0.15) is 18.2 Å². The number of likely N-dealkylation sites (tertiary alicyclic amines) is 2. The first-order valence-corrected chi connectivity index (χ1v) is 13.9. The molecule has 2 N–H and O–H groups in total. The molecule has 1 spiro atoms. The maximum atomic E-state index is 13.4. The topological polar surface area (TPSA) is 94.6 Å². The monoisotopic (exact) mass is 508 g/mol. The zero-order valence-corrected chi connectivity index (χ0v) is 21.4. The second kappa shape index (κ2) is 8.71. The lowest BCUT2D eigenvalue weighted by Crippen LogP contribution is -2.64. The number of ether oxygens (including phenoxy) is 2. The fourth-order valence-electron chi connectivity index (χ4n) is 7.95. The van der Waals surface area contributed by atoms with Crippen LogP contribution < -0.4 is 14.9 Å². The molecule has 6 aliphatic rings. The number of hydrazine groups is 1. The standard InChI is InChI=1S/C28H36N4O5/c1-30-15-11-28-18-8-9-21(33)25(28)37-24-22(10-7-17(23(24)28)16-20(18)30)36-27(35)32-14-5-6-19(32)26(34)29-31-12-3-2-4-13-31/h7-10,18-21,25,33H,2-6,11-16H2,1H3,(H,29,34)/t18?,19-,20?,21-,25-,28-/m0/s1. The summed E-state index contributed by atoms with van der Waals surface area (Å²) in [7, 11) is 2.18. The van der Waals surface area contributed by atoms with Crippen molar-refractivity contribution in [2.75, 3.05) is 33.2 Å². The van der Waals surface area contributed by atoms with Gasteiger partial charge in [-0.3, -0.25) is 15.1 Å². The van der Waals surface area contributed by atoms with Crippen LogP contribution in [-0.4, -0.2) is 89.4 Å². The number of rotatable bonds is 3. The van der Waals surface area contributed by atoms with Crippen molar-refractivity contribution in [1.82, 2.24) is 20.2 Å². The van der Waals surface area contributed by atoms with Gasteiger partial charge in [0.05, 0.1) is 0 Å². The normalized spacial score (nSPS) is 36.2. The Bertz CT molecular complexity index is 1150. The van der Waals surface area contributed by atoms with Crippen molar-refractivity contribution in [2.24, 2.45) is 5.92 Å². The Labute approximate surface area is 217 Å².